The maximum Gasteiger partial charge on any atom is -0.0225 e. The van der Waals surface area contributed by atoms with Gasteiger partial charge in [-0.1, -0.05) is 57.2 Å². The van der Waals surface area contributed by atoms with E-state index in [0.717, 1.165) is 12.8 Å². The van der Waals surface area contributed by atoms with Crippen molar-refractivity contribution in [3.05, 3.63) is 47.0 Å². The average molecular weight is 214 g/mol. The van der Waals surface area contributed by atoms with Crippen molar-refractivity contribution in [2.24, 2.45) is 0 Å². The van der Waals surface area contributed by atoms with E-state index in [-0.39, 0.29) is 0 Å². The first-order valence-electron chi connectivity index (χ1n) is 6.18. The van der Waals surface area contributed by atoms with E-state index in [1.54, 1.807) is 0 Å². The van der Waals surface area contributed by atoms with Gasteiger partial charge in [0, 0.05) is 0 Å². The molecule has 0 heteroatoms. The molecule has 0 fully saturated rings. The van der Waals surface area contributed by atoms with Gasteiger partial charge < -0.3 is 0 Å². The SMILES string of the molecule is C=Cc1ccc(/C=C\C)c(CC)c1CCC. The van der Waals surface area contributed by atoms with Gasteiger partial charge in [0.15, 0.2) is 0 Å². The zero-order valence-electron chi connectivity index (χ0n) is 10.7. The van der Waals surface area contributed by atoms with Crippen LogP contribution in [-0.4, -0.2) is 0 Å². The van der Waals surface area contributed by atoms with Crippen LogP contribution >= 0.6 is 0 Å². The minimum absolute atomic E-state index is 1.09. The molecule has 0 saturated heterocycles. The van der Waals surface area contributed by atoms with E-state index >= 15 is 0 Å². The van der Waals surface area contributed by atoms with Crippen LogP contribution in [0.15, 0.2) is 24.8 Å². The van der Waals surface area contributed by atoms with E-state index in [9.17, 15) is 0 Å². The summed E-state index contributed by atoms with van der Waals surface area (Å²) in [6.45, 7) is 10.4. The normalized spacial score (nSPS) is 10.9. The summed E-state index contributed by atoms with van der Waals surface area (Å²) in [4.78, 5) is 0. The second kappa shape index (κ2) is 6.32. The predicted octanol–water partition coefficient (Wildman–Crippen LogP) is 4.88. The fourth-order valence-electron chi connectivity index (χ4n) is 2.22. The van der Waals surface area contributed by atoms with E-state index in [1.165, 1.54) is 28.7 Å². The molecule has 0 saturated carbocycles. The molecule has 0 aliphatic heterocycles. The molecule has 0 spiro atoms. The number of allylic oxidation sites excluding steroid dienone is 1. The summed E-state index contributed by atoms with van der Waals surface area (Å²) in [5.74, 6) is 0. The molecule has 1 aromatic rings. The number of hydrogen-bond acceptors (Lipinski definition) is 0. The molecule has 0 N–H and O–H groups in total. The monoisotopic (exact) mass is 214 g/mol. The van der Waals surface area contributed by atoms with Crippen LogP contribution < -0.4 is 0 Å². The molecule has 0 atom stereocenters. The third-order valence-electron chi connectivity index (χ3n) is 2.92. The van der Waals surface area contributed by atoms with Gasteiger partial charge in [-0.2, -0.15) is 0 Å². The van der Waals surface area contributed by atoms with Gasteiger partial charge in [0.05, 0.1) is 0 Å². The van der Waals surface area contributed by atoms with Crippen LogP contribution in [0.2, 0.25) is 0 Å². The first-order valence-corrected chi connectivity index (χ1v) is 6.18. The molecule has 0 aliphatic carbocycles. The van der Waals surface area contributed by atoms with Crippen LogP contribution in [0.4, 0.5) is 0 Å². The third kappa shape index (κ3) is 2.63. The zero-order valence-corrected chi connectivity index (χ0v) is 10.7. The molecular weight excluding hydrogens is 192 g/mol. The van der Waals surface area contributed by atoms with Crippen molar-refractivity contribution in [2.75, 3.05) is 0 Å². The van der Waals surface area contributed by atoms with E-state index in [1.807, 2.05) is 6.08 Å². The van der Waals surface area contributed by atoms with Gasteiger partial charge in [-0.15, -0.1) is 0 Å². The summed E-state index contributed by atoms with van der Waals surface area (Å²) in [5, 5.41) is 0. The fraction of sp³-hybridized carbons (Fsp3) is 0.375. The topological polar surface area (TPSA) is 0 Å². The molecule has 0 aromatic heterocycles. The lowest BCUT2D eigenvalue weighted by Gasteiger charge is -2.14. The van der Waals surface area contributed by atoms with Crippen molar-refractivity contribution in [3.63, 3.8) is 0 Å². The van der Waals surface area contributed by atoms with Gasteiger partial charge in [-0.05, 0) is 42.0 Å². The molecule has 0 unspecified atom stereocenters. The highest BCUT2D eigenvalue weighted by molar-refractivity contribution is 5.63. The summed E-state index contributed by atoms with van der Waals surface area (Å²) in [5.41, 5.74) is 5.62. The van der Waals surface area contributed by atoms with Crippen LogP contribution in [0.25, 0.3) is 12.2 Å². The summed E-state index contributed by atoms with van der Waals surface area (Å²) >= 11 is 0. The van der Waals surface area contributed by atoms with Crippen LogP contribution in [0.1, 0.15) is 49.4 Å². The standard InChI is InChI=1S/C16H22/c1-5-9-14-12-11-13(7-3)16(10-6-2)15(14)8-4/h5,7,9,11-12H,3,6,8,10H2,1-2,4H3/b9-5-. The Labute approximate surface area is 99.7 Å². The molecule has 0 amide bonds. The largest absolute Gasteiger partial charge is 0.0985 e. The van der Waals surface area contributed by atoms with Crippen molar-refractivity contribution in [3.8, 4) is 0 Å². The summed E-state index contributed by atoms with van der Waals surface area (Å²) in [7, 11) is 0. The number of hydrogen-bond donors (Lipinski definition) is 0. The average Bonchev–Trinajstić information content (AvgIpc) is 2.30. The van der Waals surface area contributed by atoms with Crippen molar-refractivity contribution in [1.29, 1.82) is 0 Å². The maximum atomic E-state index is 3.91. The Morgan fingerprint density at radius 3 is 2.31 bits per heavy atom. The highest BCUT2D eigenvalue weighted by atomic mass is 14.1. The zero-order chi connectivity index (χ0) is 12.0. The van der Waals surface area contributed by atoms with Gasteiger partial charge >= 0.3 is 0 Å². The quantitative estimate of drug-likeness (QED) is 0.655. The Balaban J connectivity index is 3.36. The molecule has 86 valence electrons. The van der Waals surface area contributed by atoms with Crippen molar-refractivity contribution in [1.82, 2.24) is 0 Å². The smallest absolute Gasteiger partial charge is 0.0225 e. The maximum absolute atomic E-state index is 3.91. The second-order valence-corrected chi connectivity index (χ2v) is 4.01. The second-order valence-electron chi connectivity index (χ2n) is 4.01. The fourth-order valence-corrected chi connectivity index (χ4v) is 2.22. The van der Waals surface area contributed by atoms with Gasteiger partial charge in [0.2, 0.25) is 0 Å². The van der Waals surface area contributed by atoms with Crippen LogP contribution in [0, 0.1) is 0 Å². The molecule has 0 bridgehead atoms. The van der Waals surface area contributed by atoms with E-state index in [0.29, 0.717) is 0 Å². The number of benzene rings is 1. The van der Waals surface area contributed by atoms with Crippen molar-refractivity contribution in [2.45, 2.75) is 40.0 Å². The molecule has 0 heterocycles. The van der Waals surface area contributed by atoms with Crippen molar-refractivity contribution >= 4 is 12.2 Å². The lowest BCUT2D eigenvalue weighted by Crippen LogP contribution is -1.99. The molecule has 1 rings (SSSR count). The Morgan fingerprint density at radius 1 is 1.12 bits per heavy atom. The van der Waals surface area contributed by atoms with E-state index in [4.69, 9.17) is 0 Å². The minimum atomic E-state index is 1.09. The van der Waals surface area contributed by atoms with Crippen LogP contribution in [-0.2, 0) is 12.8 Å². The van der Waals surface area contributed by atoms with Crippen LogP contribution in [0.5, 0.6) is 0 Å². The Bertz CT molecular complexity index is 383. The van der Waals surface area contributed by atoms with Gasteiger partial charge in [0.25, 0.3) is 0 Å². The molecule has 0 radical (unpaired) electrons. The van der Waals surface area contributed by atoms with E-state index in [2.05, 4.69) is 51.6 Å². The lowest BCUT2D eigenvalue weighted by atomic mass is 9.91. The third-order valence-corrected chi connectivity index (χ3v) is 2.92. The van der Waals surface area contributed by atoms with Gasteiger partial charge in [0.1, 0.15) is 0 Å². The van der Waals surface area contributed by atoms with Gasteiger partial charge in [-0.3, -0.25) is 0 Å². The van der Waals surface area contributed by atoms with Crippen molar-refractivity contribution < 1.29 is 0 Å². The summed E-state index contributed by atoms with van der Waals surface area (Å²) in [6, 6.07) is 4.39. The minimum Gasteiger partial charge on any atom is -0.0985 e. The molecule has 16 heavy (non-hydrogen) atoms. The Morgan fingerprint density at radius 2 is 1.81 bits per heavy atom. The molecule has 0 aliphatic rings. The first kappa shape index (κ1) is 12.8. The molecule has 0 nitrogen and oxygen atoms in total. The van der Waals surface area contributed by atoms with Gasteiger partial charge in [-0.25, -0.2) is 0 Å². The summed E-state index contributed by atoms with van der Waals surface area (Å²) in [6.07, 6.45) is 9.71. The molecule has 1 aromatic carbocycles. The summed E-state index contributed by atoms with van der Waals surface area (Å²) < 4.78 is 0. The number of rotatable bonds is 5. The predicted molar refractivity (Wildman–Crippen MR) is 74.6 cm³/mol. The van der Waals surface area contributed by atoms with Crippen LogP contribution in [0.3, 0.4) is 0 Å². The first-order chi connectivity index (χ1) is 7.78. The Kier molecular flexibility index (Phi) is 5.04. The Hall–Kier alpha value is -1.30. The van der Waals surface area contributed by atoms with E-state index < -0.39 is 0 Å². The highest BCUT2D eigenvalue weighted by Gasteiger charge is 2.07. The highest BCUT2D eigenvalue weighted by Crippen LogP contribution is 2.23. The lowest BCUT2D eigenvalue weighted by molar-refractivity contribution is 0.895. The molecular formula is C16H22.